The van der Waals surface area contributed by atoms with E-state index < -0.39 is 0 Å². The third-order valence-electron chi connectivity index (χ3n) is 5.44. The number of rotatable bonds is 5. The van der Waals surface area contributed by atoms with Crippen molar-refractivity contribution in [1.82, 2.24) is 9.55 Å². The molecule has 0 spiro atoms. The highest BCUT2D eigenvalue weighted by Gasteiger charge is 2.14. The third kappa shape index (κ3) is 3.92. The first kappa shape index (κ1) is 19.4. The van der Waals surface area contributed by atoms with Crippen LogP contribution in [0, 0.1) is 0 Å². The summed E-state index contributed by atoms with van der Waals surface area (Å²) in [5.74, 6) is 1.72. The van der Waals surface area contributed by atoms with Gasteiger partial charge in [-0.3, -0.25) is 0 Å². The summed E-state index contributed by atoms with van der Waals surface area (Å²) in [6.07, 6.45) is 0. The minimum absolute atomic E-state index is 0.680. The van der Waals surface area contributed by atoms with Crippen molar-refractivity contribution in [1.29, 1.82) is 0 Å². The molecule has 31 heavy (non-hydrogen) atoms. The Morgan fingerprint density at radius 2 is 1.52 bits per heavy atom. The average molecular weight is 425 g/mol. The van der Waals surface area contributed by atoms with Gasteiger partial charge in [0.1, 0.15) is 11.6 Å². The van der Waals surface area contributed by atoms with Gasteiger partial charge in [0.05, 0.1) is 18.1 Å². The molecule has 0 N–H and O–H groups in total. The fourth-order valence-corrected chi connectivity index (χ4v) is 4.09. The lowest BCUT2D eigenvalue weighted by molar-refractivity contribution is 0.415. The van der Waals surface area contributed by atoms with E-state index in [0.717, 1.165) is 38.8 Å². The van der Waals surface area contributed by atoms with E-state index in [1.54, 1.807) is 7.11 Å². The number of hydrogen-bond acceptors (Lipinski definition) is 2. The first-order chi connectivity index (χ1) is 15.2. The van der Waals surface area contributed by atoms with Crippen molar-refractivity contribution >= 4 is 22.6 Å². The zero-order valence-corrected chi connectivity index (χ0v) is 17.9. The first-order valence-electron chi connectivity index (χ1n) is 10.2. The van der Waals surface area contributed by atoms with Crippen LogP contribution in [0.3, 0.4) is 0 Å². The van der Waals surface area contributed by atoms with Crippen LogP contribution in [0.2, 0.25) is 5.02 Å². The molecule has 3 nitrogen and oxygen atoms in total. The normalized spacial score (nSPS) is 11.0. The summed E-state index contributed by atoms with van der Waals surface area (Å²) in [6.45, 7) is 0.680. The molecule has 1 aromatic heterocycles. The molecule has 0 amide bonds. The molecule has 0 aliphatic heterocycles. The van der Waals surface area contributed by atoms with E-state index in [-0.39, 0.29) is 0 Å². The summed E-state index contributed by atoms with van der Waals surface area (Å²) >= 11 is 6.23. The number of fused-ring (bicyclic) bond motifs is 1. The fraction of sp³-hybridized carbons (Fsp3) is 0.0741. The number of hydrogen-bond donors (Lipinski definition) is 0. The standard InChI is InChI=1S/C27H21ClN2O/c1-31-24-14-15-26-25(17-24)29-27(30(26)18-19-6-5-9-23(28)16-19)22-12-10-21(11-13-22)20-7-3-2-4-8-20/h2-17H,18H2,1H3. The second-order valence-electron chi connectivity index (χ2n) is 7.45. The second-order valence-corrected chi connectivity index (χ2v) is 7.89. The number of methoxy groups -OCH3 is 1. The van der Waals surface area contributed by atoms with Crippen molar-refractivity contribution in [2.24, 2.45) is 0 Å². The first-order valence-corrected chi connectivity index (χ1v) is 10.5. The van der Waals surface area contributed by atoms with Gasteiger partial charge in [0, 0.05) is 23.2 Å². The van der Waals surface area contributed by atoms with Crippen LogP contribution < -0.4 is 4.74 Å². The lowest BCUT2D eigenvalue weighted by atomic mass is 10.0. The van der Waals surface area contributed by atoms with Gasteiger partial charge >= 0.3 is 0 Å². The van der Waals surface area contributed by atoms with Gasteiger partial charge in [-0.05, 0) is 41.0 Å². The zero-order valence-electron chi connectivity index (χ0n) is 17.1. The molecule has 0 fully saturated rings. The molecule has 0 radical (unpaired) electrons. The molecular formula is C27H21ClN2O. The molecule has 0 aliphatic carbocycles. The smallest absolute Gasteiger partial charge is 0.141 e. The van der Waals surface area contributed by atoms with Gasteiger partial charge in [-0.15, -0.1) is 0 Å². The van der Waals surface area contributed by atoms with Crippen molar-refractivity contribution in [3.8, 4) is 28.3 Å². The molecule has 1 heterocycles. The summed E-state index contributed by atoms with van der Waals surface area (Å²) < 4.78 is 7.64. The molecule has 0 aliphatic rings. The zero-order chi connectivity index (χ0) is 21.2. The van der Waals surface area contributed by atoms with Gasteiger partial charge in [0.2, 0.25) is 0 Å². The van der Waals surface area contributed by atoms with E-state index in [1.165, 1.54) is 11.1 Å². The Balaban J connectivity index is 1.61. The Kier molecular flexibility index (Phi) is 5.19. The topological polar surface area (TPSA) is 27.1 Å². The van der Waals surface area contributed by atoms with Gasteiger partial charge < -0.3 is 9.30 Å². The predicted octanol–water partition coefficient (Wildman–Crippen LogP) is 7.08. The summed E-state index contributed by atoms with van der Waals surface area (Å²) in [5.41, 5.74) is 6.54. The van der Waals surface area contributed by atoms with Gasteiger partial charge in [-0.2, -0.15) is 0 Å². The molecule has 5 rings (SSSR count). The number of halogens is 1. The summed E-state index contributed by atoms with van der Waals surface area (Å²) in [6, 6.07) is 32.9. The molecule has 0 bridgehead atoms. The summed E-state index contributed by atoms with van der Waals surface area (Å²) in [7, 11) is 1.67. The van der Waals surface area contributed by atoms with E-state index >= 15 is 0 Å². The van der Waals surface area contributed by atoms with E-state index in [0.29, 0.717) is 6.54 Å². The molecule has 4 heteroatoms. The van der Waals surface area contributed by atoms with Crippen LogP contribution in [0.4, 0.5) is 0 Å². The Morgan fingerprint density at radius 3 is 2.26 bits per heavy atom. The Hall–Kier alpha value is -3.56. The Bertz CT molecular complexity index is 1340. The minimum Gasteiger partial charge on any atom is -0.497 e. The number of nitrogens with zero attached hydrogens (tertiary/aromatic N) is 2. The number of imidazole rings is 1. The maximum atomic E-state index is 6.23. The fourth-order valence-electron chi connectivity index (χ4n) is 3.88. The molecular weight excluding hydrogens is 404 g/mol. The quantitative estimate of drug-likeness (QED) is 0.301. The highest BCUT2D eigenvalue weighted by atomic mass is 35.5. The SMILES string of the molecule is COc1ccc2c(c1)nc(-c1ccc(-c3ccccc3)cc1)n2Cc1cccc(Cl)c1. The Morgan fingerprint density at radius 1 is 0.774 bits per heavy atom. The lowest BCUT2D eigenvalue weighted by Crippen LogP contribution is -2.02. The van der Waals surface area contributed by atoms with Crippen LogP contribution in [-0.4, -0.2) is 16.7 Å². The van der Waals surface area contributed by atoms with Crippen molar-refractivity contribution in [3.05, 3.63) is 108 Å². The molecule has 0 unspecified atom stereocenters. The molecule has 152 valence electrons. The maximum absolute atomic E-state index is 6.23. The Labute approximate surface area is 186 Å². The van der Waals surface area contributed by atoms with Crippen LogP contribution >= 0.6 is 11.6 Å². The van der Waals surface area contributed by atoms with E-state index in [2.05, 4.69) is 65.2 Å². The largest absolute Gasteiger partial charge is 0.497 e. The highest BCUT2D eigenvalue weighted by Crippen LogP contribution is 2.30. The van der Waals surface area contributed by atoms with Crippen LogP contribution in [0.15, 0.2) is 97.1 Å². The van der Waals surface area contributed by atoms with Gasteiger partial charge in [0.15, 0.2) is 0 Å². The maximum Gasteiger partial charge on any atom is 0.141 e. The molecule has 5 aromatic rings. The van der Waals surface area contributed by atoms with Crippen LogP contribution in [-0.2, 0) is 6.54 Å². The second kappa shape index (κ2) is 8.29. The van der Waals surface area contributed by atoms with E-state index in [1.807, 2.05) is 36.4 Å². The van der Waals surface area contributed by atoms with Gasteiger partial charge in [0.25, 0.3) is 0 Å². The van der Waals surface area contributed by atoms with Crippen molar-refractivity contribution in [2.75, 3.05) is 7.11 Å². The molecule has 0 atom stereocenters. The number of benzene rings is 4. The average Bonchev–Trinajstić information content (AvgIpc) is 3.17. The van der Waals surface area contributed by atoms with Crippen molar-refractivity contribution in [2.45, 2.75) is 6.54 Å². The monoisotopic (exact) mass is 424 g/mol. The highest BCUT2D eigenvalue weighted by molar-refractivity contribution is 6.30. The summed E-state index contributed by atoms with van der Waals surface area (Å²) in [4.78, 5) is 4.96. The lowest BCUT2D eigenvalue weighted by Gasteiger charge is -2.11. The number of aromatic nitrogens is 2. The van der Waals surface area contributed by atoms with E-state index in [4.69, 9.17) is 21.3 Å². The third-order valence-corrected chi connectivity index (χ3v) is 5.67. The number of ether oxygens (including phenoxy) is 1. The molecule has 4 aromatic carbocycles. The summed E-state index contributed by atoms with van der Waals surface area (Å²) in [5, 5.41) is 0.734. The van der Waals surface area contributed by atoms with E-state index in [9.17, 15) is 0 Å². The van der Waals surface area contributed by atoms with Crippen molar-refractivity contribution in [3.63, 3.8) is 0 Å². The van der Waals surface area contributed by atoms with Gasteiger partial charge in [-0.25, -0.2) is 4.98 Å². The van der Waals surface area contributed by atoms with Crippen LogP contribution in [0.1, 0.15) is 5.56 Å². The molecule has 0 saturated heterocycles. The predicted molar refractivity (Wildman–Crippen MR) is 128 cm³/mol. The van der Waals surface area contributed by atoms with Gasteiger partial charge in [-0.1, -0.05) is 78.3 Å². The van der Waals surface area contributed by atoms with Crippen LogP contribution in [0.5, 0.6) is 5.75 Å². The molecule has 0 saturated carbocycles. The van der Waals surface area contributed by atoms with Crippen LogP contribution in [0.25, 0.3) is 33.5 Å². The minimum atomic E-state index is 0.680. The van der Waals surface area contributed by atoms with Crippen molar-refractivity contribution < 1.29 is 4.74 Å².